The largest absolute Gasteiger partial charge is 0.389 e. The number of aromatic nitrogens is 3. The molecule has 0 spiro atoms. The second-order valence-corrected chi connectivity index (χ2v) is 4.66. The van der Waals surface area contributed by atoms with E-state index in [1.165, 1.54) is 0 Å². The molecule has 2 aromatic heterocycles. The van der Waals surface area contributed by atoms with E-state index in [9.17, 15) is 10.2 Å². The molecule has 1 saturated carbocycles. The molecule has 2 aromatic rings. The van der Waals surface area contributed by atoms with Crippen molar-refractivity contribution in [1.29, 1.82) is 0 Å². The van der Waals surface area contributed by atoms with Crippen molar-refractivity contribution in [2.45, 2.75) is 30.7 Å². The van der Waals surface area contributed by atoms with Gasteiger partial charge in [-0.25, -0.2) is 9.97 Å². The van der Waals surface area contributed by atoms with E-state index in [0.29, 0.717) is 17.8 Å². The van der Waals surface area contributed by atoms with Crippen molar-refractivity contribution in [3.8, 4) is 0 Å². The zero-order chi connectivity index (χ0) is 12.9. The summed E-state index contributed by atoms with van der Waals surface area (Å²) in [5, 5.41) is 19.7. The second kappa shape index (κ2) is 3.91. The lowest BCUT2D eigenvalue weighted by Crippen LogP contribution is -2.35. The van der Waals surface area contributed by atoms with E-state index in [1.807, 2.05) is 0 Å². The first-order valence-corrected chi connectivity index (χ1v) is 5.78. The van der Waals surface area contributed by atoms with E-state index < -0.39 is 18.2 Å². The number of imidazole rings is 1. The van der Waals surface area contributed by atoms with Crippen LogP contribution in [0.3, 0.4) is 0 Å². The minimum absolute atomic E-state index is 0.290. The normalized spacial score (nSPS) is 32.2. The van der Waals surface area contributed by atoms with Gasteiger partial charge in [0.1, 0.15) is 11.6 Å². The van der Waals surface area contributed by atoms with Crippen LogP contribution in [0.2, 0.25) is 0 Å². The lowest BCUT2D eigenvalue weighted by atomic mass is 10.2. The molecule has 18 heavy (non-hydrogen) atoms. The first-order chi connectivity index (χ1) is 8.59. The quantitative estimate of drug-likeness (QED) is 0.514. The maximum atomic E-state index is 10.0. The van der Waals surface area contributed by atoms with Crippen LogP contribution in [0.15, 0.2) is 18.6 Å². The predicted octanol–water partition coefficient (Wildman–Crippen LogP) is -0.993. The van der Waals surface area contributed by atoms with Gasteiger partial charge in [-0.05, 0) is 12.5 Å². The van der Waals surface area contributed by atoms with E-state index in [-0.39, 0.29) is 6.04 Å². The molecule has 7 heteroatoms. The zero-order valence-electron chi connectivity index (χ0n) is 9.64. The number of nitrogen functional groups attached to an aromatic ring is 1. The Balaban J connectivity index is 2.08. The van der Waals surface area contributed by atoms with Gasteiger partial charge in [-0.15, -0.1) is 0 Å². The van der Waals surface area contributed by atoms with Crippen molar-refractivity contribution in [2.75, 3.05) is 5.73 Å². The third-order valence-corrected chi connectivity index (χ3v) is 3.57. The summed E-state index contributed by atoms with van der Waals surface area (Å²) in [5.41, 5.74) is 12.9. The minimum atomic E-state index is -0.911. The Morgan fingerprint density at radius 2 is 2.06 bits per heavy atom. The summed E-state index contributed by atoms with van der Waals surface area (Å²) < 4.78 is 1.80. The van der Waals surface area contributed by atoms with E-state index in [0.717, 1.165) is 5.52 Å². The Hall–Kier alpha value is -1.70. The van der Waals surface area contributed by atoms with E-state index in [1.54, 1.807) is 23.2 Å². The van der Waals surface area contributed by atoms with Crippen molar-refractivity contribution in [3.05, 3.63) is 18.6 Å². The van der Waals surface area contributed by atoms with Gasteiger partial charge < -0.3 is 26.2 Å². The summed E-state index contributed by atoms with van der Waals surface area (Å²) in [7, 11) is 0. The number of aliphatic hydroxyl groups excluding tert-OH is 2. The van der Waals surface area contributed by atoms with Gasteiger partial charge in [-0.3, -0.25) is 0 Å². The van der Waals surface area contributed by atoms with Gasteiger partial charge in [-0.2, -0.15) is 0 Å². The van der Waals surface area contributed by atoms with Crippen molar-refractivity contribution in [1.82, 2.24) is 14.5 Å². The molecule has 3 rings (SSSR count). The number of nitrogens with two attached hydrogens (primary N) is 2. The lowest BCUT2D eigenvalue weighted by Gasteiger charge is -2.18. The first-order valence-electron chi connectivity index (χ1n) is 5.78. The Kier molecular flexibility index (Phi) is 2.47. The number of anilines is 1. The maximum Gasteiger partial charge on any atom is 0.151 e. The van der Waals surface area contributed by atoms with Crippen molar-refractivity contribution in [3.63, 3.8) is 0 Å². The highest BCUT2D eigenvalue weighted by atomic mass is 16.3. The fourth-order valence-corrected chi connectivity index (χ4v) is 2.56. The predicted molar refractivity (Wildman–Crippen MR) is 65.6 cm³/mol. The molecule has 96 valence electrons. The van der Waals surface area contributed by atoms with Gasteiger partial charge in [0.05, 0.1) is 24.0 Å². The van der Waals surface area contributed by atoms with Gasteiger partial charge in [0.15, 0.2) is 5.82 Å². The van der Waals surface area contributed by atoms with Crippen LogP contribution < -0.4 is 11.5 Å². The molecule has 0 amide bonds. The molecular formula is C11H15N5O2. The average molecular weight is 249 g/mol. The molecule has 1 fully saturated rings. The van der Waals surface area contributed by atoms with Crippen LogP contribution in [-0.2, 0) is 0 Å². The molecule has 1 aliphatic carbocycles. The third-order valence-electron chi connectivity index (χ3n) is 3.57. The summed E-state index contributed by atoms with van der Waals surface area (Å²) >= 11 is 0. The molecule has 0 bridgehead atoms. The first kappa shape index (κ1) is 11.4. The van der Waals surface area contributed by atoms with Gasteiger partial charge in [0.2, 0.25) is 0 Å². The summed E-state index contributed by atoms with van der Waals surface area (Å²) in [6.07, 6.45) is 1.88. The average Bonchev–Trinajstić information content (AvgIpc) is 2.88. The topological polar surface area (TPSA) is 123 Å². The summed E-state index contributed by atoms with van der Waals surface area (Å²) in [6, 6.07) is 1.06. The van der Waals surface area contributed by atoms with Crippen LogP contribution in [0.5, 0.6) is 0 Å². The molecule has 7 nitrogen and oxygen atoms in total. The molecule has 0 saturated heterocycles. The standard InChI is InChI=1S/C11H15N5O2/c12-5-3-7(10(18)9(5)17)16-4-15-8-6(16)1-2-14-11(8)13/h1-2,4-5,7,9-10,17-18H,3,12H2,(H2,13,14)/t5-,7+,9+,10-/m0/s1. The second-order valence-electron chi connectivity index (χ2n) is 4.66. The zero-order valence-corrected chi connectivity index (χ0v) is 9.64. The summed E-state index contributed by atoms with van der Waals surface area (Å²) in [5.74, 6) is 0.351. The maximum absolute atomic E-state index is 10.0. The molecule has 0 aliphatic heterocycles. The van der Waals surface area contributed by atoms with Crippen molar-refractivity contribution >= 4 is 16.9 Å². The Labute approximate surface area is 103 Å². The highest BCUT2D eigenvalue weighted by Crippen LogP contribution is 2.32. The smallest absolute Gasteiger partial charge is 0.151 e. The van der Waals surface area contributed by atoms with Crippen LogP contribution in [0.1, 0.15) is 12.5 Å². The highest BCUT2D eigenvalue weighted by molar-refractivity contribution is 5.84. The highest BCUT2D eigenvalue weighted by Gasteiger charge is 2.40. The van der Waals surface area contributed by atoms with Gasteiger partial charge in [-0.1, -0.05) is 0 Å². The fraction of sp³-hybridized carbons (Fsp3) is 0.455. The molecular weight excluding hydrogens is 234 g/mol. The van der Waals surface area contributed by atoms with Gasteiger partial charge in [0.25, 0.3) is 0 Å². The molecule has 0 radical (unpaired) electrons. The monoisotopic (exact) mass is 249 g/mol. The van der Waals surface area contributed by atoms with Crippen LogP contribution >= 0.6 is 0 Å². The number of hydrogen-bond donors (Lipinski definition) is 4. The summed E-state index contributed by atoms with van der Waals surface area (Å²) in [4.78, 5) is 8.15. The van der Waals surface area contributed by atoms with Crippen LogP contribution in [0.4, 0.5) is 5.82 Å². The Morgan fingerprint density at radius 3 is 2.72 bits per heavy atom. The number of rotatable bonds is 1. The van der Waals surface area contributed by atoms with Crippen molar-refractivity contribution < 1.29 is 10.2 Å². The summed E-state index contributed by atoms with van der Waals surface area (Å²) in [6.45, 7) is 0. The van der Waals surface area contributed by atoms with Crippen LogP contribution in [0.25, 0.3) is 11.0 Å². The van der Waals surface area contributed by atoms with E-state index in [2.05, 4.69) is 9.97 Å². The SMILES string of the molecule is Nc1nccc2c1ncn2[C@@H]1C[C@H](N)[C@@H](O)[C@H]1O. The van der Waals surface area contributed by atoms with Crippen LogP contribution in [0, 0.1) is 0 Å². The Morgan fingerprint density at radius 1 is 1.28 bits per heavy atom. The van der Waals surface area contributed by atoms with Gasteiger partial charge >= 0.3 is 0 Å². The van der Waals surface area contributed by atoms with Crippen molar-refractivity contribution in [2.24, 2.45) is 5.73 Å². The molecule has 4 atom stereocenters. The molecule has 2 heterocycles. The third kappa shape index (κ3) is 1.48. The molecule has 6 N–H and O–H groups in total. The molecule has 0 unspecified atom stereocenters. The molecule has 0 aromatic carbocycles. The number of aliphatic hydroxyl groups is 2. The number of hydrogen-bond acceptors (Lipinski definition) is 6. The number of fused-ring (bicyclic) bond motifs is 1. The molecule has 1 aliphatic rings. The Bertz CT molecular complexity index is 584. The number of nitrogens with zero attached hydrogens (tertiary/aromatic N) is 3. The van der Waals surface area contributed by atoms with E-state index in [4.69, 9.17) is 11.5 Å². The van der Waals surface area contributed by atoms with Crippen LogP contribution in [-0.4, -0.2) is 43.0 Å². The van der Waals surface area contributed by atoms with E-state index >= 15 is 0 Å². The number of pyridine rings is 1. The lowest BCUT2D eigenvalue weighted by molar-refractivity contribution is 0.0188. The fourth-order valence-electron chi connectivity index (χ4n) is 2.56. The van der Waals surface area contributed by atoms with Gasteiger partial charge in [0, 0.05) is 12.2 Å². The minimum Gasteiger partial charge on any atom is -0.389 e.